The first-order valence-electron chi connectivity index (χ1n) is 7.24. The van der Waals surface area contributed by atoms with E-state index in [0.717, 1.165) is 24.0 Å². The molecule has 1 N–H and O–H groups in total. The Morgan fingerprint density at radius 2 is 1.95 bits per heavy atom. The number of amides is 1. The van der Waals surface area contributed by atoms with E-state index in [-0.39, 0.29) is 12.6 Å². The van der Waals surface area contributed by atoms with Crippen LogP contribution in [0.1, 0.15) is 22.3 Å². The molecule has 0 heterocycles. The number of hydrogen-bond acceptors (Lipinski definition) is 3. The molecule has 0 saturated carbocycles. The summed E-state index contributed by atoms with van der Waals surface area (Å²) in [5.41, 5.74) is 3.94. The molecule has 1 unspecified atom stereocenters. The minimum absolute atomic E-state index is 0.0345. The van der Waals surface area contributed by atoms with Crippen LogP contribution in [0.4, 0.5) is 4.79 Å². The fraction of sp³-hybridized carbons (Fsp3) is 0.222. The molecule has 1 aliphatic rings. The number of hydrogen-bond donors (Lipinski definition) is 1. The van der Waals surface area contributed by atoms with Crippen molar-refractivity contribution in [3.63, 3.8) is 0 Å². The van der Waals surface area contributed by atoms with Crippen molar-refractivity contribution in [3.05, 3.63) is 70.8 Å². The summed E-state index contributed by atoms with van der Waals surface area (Å²) >= 11 is 0. The van der Waals surface area contributed by atoms with E-state index in [1.54, 1.807) is 0 Å². The van der Waals surface area contributed by atoms with Gasteiger partial charge in [-0.05, 0) is 41.7 Å². The fourth-order valence-corrected chi connectivity index (χ4v) is 2.72. The van der Waals surface area contributed by atoms with E-state index in [4.69, 9.17) is 10.00 Å². The number of nitrogens with zero attached hydrogens (tertiary/aromatic N) is 1. The Kier molecular flexibility index (Phi) is 4.06. The number of nitrogens with one attached hydrogen (secondary N) is 1. The lowest BCUT2D eigenvalue weighted by atomic mass is 10.1. The maximum atomic E-state index is 11.9. The van der Waals surface area contributed by atoms with Gasteiger partial charge in [-0.25, -0.2) is 4.79 Å². The third kappa shape index (κ3) is 3.26. The smallest absolute Gasteiger partial charge is 0.407 e. The quantitative estimate of drug-likeness (QED) is 0.946. The Hall–Kier alpha value is -2.80. The van der Waals surface area contributed by atoms with Crippen molar-refractivity contribution in [3.8, 4) is 6.07 Å². The molecule has 0 radical (unpaired) electrons. The van der Waals surface area contributed by atoms with Gasteiger partial charge in [0.1, 0.15) is 6.61 Å². The average molecular weight is 292 g/mol. The minimum atomic E-state index is -0.401. The number of benzene rings is 2. The van der Waals surface area contributed by atoms with Crippen LogP contribution >= 0.6 is 0 Å². The van der Waals surface area contributed by atoms with Crippen LogP contribution in [0.5, 0.6) is 0 Å². The van der Waals surface area contributed by atoms with E-state index in [1.807, 2.05) is 48.5 Å². The highest BCUT2D eigenvalue weighted by molar-refractivity contribution is 5.68. The van der Waals surface area contributed by atoms with E-state index in [9.17, 15) is 4.79 Å². The maximum Gasteiger partial charge on any atom is 0.407 e. The first-order chi connectivity index (χ1) is 10.7. The number of fused-ring (bicyclic) bond motifs is 1. The summed E-state index contributed by atoms with van der Waals surface area (Å²) in [7, 11) is 0. The third-order valence-corrected chi connectivity index (χ3v) is 3.80. The molecule has 0 fully saturated rings. The van der Waals surface area contributed by atoms with E-state index < -0.39 is 6.09 Å². The summed E-state index contributed by atoms with van der Waals surface area (Å²) < 4.78 is 5.23. The third-order valence-electron chi connectivity index (χ3n) is 3.80. The Morgan fingerprint density at radius 1 is 1.18 bits per heavy atom. The van der Waals surface area contributed by atoms with Crippen molar-refractivity contribution >= 4 is 6.09 Å². The molecule has 4 heteroatoms. The molecule has 22 heavy (non-hydrogen) atoms. The topological polar surface area (TPSA) is 62.1 Å². The second-order valence-electron chi connectivity index (χ2n) is 5.41. The highest BCUT2D eigenvalue weighted by atomic mass is 16.5. The van der Waals surface area contributed by atoms with Crippen LogP contribution in [0.25, 0.3) is 0 Å². The first kappa shape index (κ1) is 14.2. The van der Waals surface area contributed by atoms with Gasteiger partial charge in [0.05, 0.1) is 11.6 Å². The molecule has 0 spiro atoms. The summed E-state index contributed by atoms with van der Waals surface area (Å²) in [4.78, 5) is 11.9. The number of alkyl carbamates (subject to hydrolysis) is 1. The van der Waals surface area contributed by atoms with Crippen molar-refractivity contribution in [1.29, 1.82) is 5.26 Å². The molecule has 1 atom stereocenters. The number of carbonyl (C=O) groups is 1. The second-order valence-corrected chi connectivity index (χ2v) is 5.41. The van der Waals surface area contributed by atoms with Gasteiger partial charge in [-0.2, -0.15) is 5.26 Å². The van der Waals surface area contributed by atoms with Crippen LogP contribution in [-0.2, 0) is 24.2 Å². The van der Waals surface area contributed by atoms with E-state index in [0.29, 0.717) is 5.56 Å². The van der Waals surface area contributed by atoms with E-state index in [1.165, 1.54) is 5.56 Å². The molecule has 4 nitrogen and oxygen atoms in total. The highest BCUT2D eigenvalue weighted by Crippen LogP contribution is 2.23. The van der Waals surface area contributed by atoms with Gasteiger partial charge in [0.15, 0.2) is 0 Å². The molecule has 0 aliphatic heterocycles. The molecule has 1 amide bonds. The molecule has 1 aliphatic carbocycles. The van der Waals surface area contributed by atoms with Crippen LogP contribution in [0.3, 0.4) is 0 Å². The number of rotatable bonds is 3. The SMILES string of the molecule is N#Cc1ccc2c(c1)CC(NC(=O)OCc1ccccc1)C2. The fourth-order valence-electron chi connectivity index (χ4n) is 2.72. The summed E-state index contributed by atoms with van der Waals surface area (Å²) in [5.74, 6) is 0. The lowest BCUT2D eigenvalue weighted by molar-refractivity contribution is 0.136. The van der Waals surface area contributed by atoms with Gasteiger partial charge >= 0.3 is 6.09 Å². The van der Waals surface area contributed by atoms with Gasteiger partial charge in [-0.3, -0.25) is 0 Å². The van der Waals surface area contributed by atoms with Crippen molar-refractivity contribution in [2.24, 2.45) is 0 Å². The monoisotopic (exact) mass is 292 g/mol. The van der Waals surface area contributed by atoms with Gasteiger partial charge in [0, 0.05) is 6.04 Å². The summed E-state index contributed by atoms with van der Waals surface area (Å²) in [6, 6.07) is 17.4. The van der Waals surface area contributed by atoms with Crippen LogP contribution < -0.4 is 5.32 Å². The van der Waals surface area contributed by atoms with Crippen molar-refractivity contribution in [2.45, 2.75) is 25.5 Å². The van der Waals surface area contributed by atoms with Gasteiger partial charge in [0.2, 0.25) is 0 Å². The summed E-state index contributed by atoms with van der Waals surface area (Å²) in [6.45, 7) is 0.269. The Morgan fingerprint density at radius 3 is 2.73 bits per heavy atom. The number of nitriles is 1. The molecule has 0 saturated heterocycles. The summed E-state index contributed by atoms with van der Waals surface area (Å²) in [6.07, 6.45) is 1.12. The predicted octanol–water partition coefficient (Wildman–Crippen LogP) is 2.95. The van der Waals surface area contributed by atoms with Crippen molar-refractivity contribution in [1.82, 2.24) is 5.32 Å². The van der Waals surface area contributed by atoms with Crippen LogP contribution in [-0.4, -0.2) is 12.1 Å². The lowest BCUT2D eigenvalue weighted by Gasteiger charge is -2.12. The van der Waals surface area contributed by atoms with Crippen LogP contribution in [0, 0.1) is 11.3 Å². The molecule has 2 aromatic rings. The molecule has 2 aromatic carbocycles. The lowest BCUT2D eigenvalue weighted by Crippen LogP contribution is -2.35. The molecule has 0 bridgehead atoms. The van der Waals surface area contributed by atoms with Crippen molar-refractivity contribution in [2.75, 3.05) is 0 Å². The van der Waals surface area contributed by atoms with Gasteiger partial charge < -0.3 is 10.1 Å². The first-order valence-corrected chi connectivity index (χ1v) is 7.24. The maximum absolute atomic E-state index is 11.9. The Labute approximate surface area is 129 Å². The van der Waals surface area contributed by atoms with Gasteiger partial charge in [-0.1, -0.05) is 36.4 Å². The molecule has 0 aromatic heterocycles. The van der Waals surface area contributed by atoms with E-state index in [2.05, 4.69) is 11.4 Å². The van der Waals surface area contributed by atoms with Crippen LogP contribution in [0.15, 0.2) is 48.5 Å². The molecular weight excluding hydrogens is 276 g/mol. The standard InChI is InChI=1S/C18H16N2O2/c19-11-14-6-7-15-9-17(10-16(15)8-14)20-18(21)22-12-13-4-2-1-3-5-13/h1-8,17H,9-10,12H2,(H,20,21). The predicted molar refractivity (Wildman–Crippen MR) is 82.1 cm³/mol. The van der Waals surface area contributed by atoms with E-state index >= 15 is 0 Å². The minimum Gasteiger partial charge on any atom is -0.445 e. The van der Waals surface area contributed by atoms with Gasteiger partial charge in [-0.15, -0.1) is 0 Å². The molecule has 3 rings (SSSR count). The van der Waals surface area contributed by atoms with Gasteiger partial charge in [0.25, 0.3) is 0 Å². The Bertz CT molecular complexity index is 720. The summed E-state index contributed by atoms with van der Waals surface area (Å²) in [5, 5.41) is 11.8. The zero-order valence-corrected chi connectivity index (χ0v) is 12.1. The molecule has 110 valence electrons. The average Bonchev–Trinajstić information content (AvgIpc) is 2.95. The van der Waals surface area contributed by atoms with Crippen LogP contribution in [0.2, 0.25) is 0 Å². The van der Waals surface area contributed by atoms with Crippen molar-refractivity contribution < 1.29 is 9.53 Å². The molecular formula is C18H16N2O2. The zero-order valence-electron chi connectivity index (χ0n) is 12.1. The second kappa shape index (κ2) is 6.31. The highest BCUT2D eigenvalue weighted by Gasteiger charge is 2.23. The largest absolute Gasteiger partial charge is 0.445 e. The normalized spacial score (nSPS) is 15.7. The number of carbonyl (C=O) groups excluding carboxylic acids is 1. The Balaban J connectivity index is 1.52. The number of ether oxygens (including phenoxy) is 1. The zero-order chi connectivity index (χ0) is 15.4.